The van der Waals surface area contributed by atoms with Gasteiger partial charge in [-0.05, 0) is 30.0 Å². The van der Waals surface area contributed by atoms with Gasteiger partial charge in [0, 0.05) is 6.42 Å². The van der Waals surface area contributed by atoms with Crippen molar-refractivity contribution in [1.82, 2.24) is 5.32 Å². The van der Waals surface area contributed by atoms with E-state index in [9.17, 15) is 18.8 Å². The molecule has 1 aromatic rings. The summed E-state index contributed by atoms with van der Waals surface area (Å²) in [4.78, 5) is 34.9. The summed E-state index contributed by atoms with van der Waals surface area (Å²) in [5, 5.41) is 2.13. The van der Waals surface area contributed by atoms with E-state index in [1.54, 1.807) is 12.1 Å². The highest BCUT2D eigenvalue weighted by Gasteiger charge is 2.41. The predicted octanol–water partition coefficient (Wildman–Crippen LogP) is 0.820. The molecule has 0 aliphatic carbocycles. The Morgan fingerprint density at radius 3 is 2.60 bits per heavy atom. The molecule has 0 bridgehead atoms. The second-order valence-electron chi connectivity index (χ2n) is 4.71. The van der Waals surface area contributed by atoms with E-state index < -0.39 is 29.6 Å². The quantitative estimate of drug-likeness (QED) is 0.505. The van der Waals surface area contributed by atoms with Gasteiger partial charge < -0.3 is 4.74 Å². The van der Waals surface area contributed by atoms with Gasteiger partial charge in [-0.1, -0.05) is 12.1 Å². The van der Waals surface area contributed by atoms with Gasteiger partial charge in [-0.15, -0.1) is 0 Å². The summed E-state index contributed by atoms with van der Waals surface area (Å²) in [5.41, 5.74) is 0.757. The molecule has 5 nitrogen and oxygen atoms in total. The second-order valence-corrected chi connectivity index (χ2v) is 4.71. The van der Waals surface area contributed by atoms with E-state index in [-0.39, 0.29) is 12.2 Å². The second kappa shape index (κ2) is 5.81. The zero-order valence-corrected chi connectivity index (χ0v) is 10.9. The van der Waals surface area contributed by atoms with Crippen LogP contribution in [0.3, 0.4) is 0 Å². The average Bonchev–Trinajstić information content (AvgIpc) is 2.40. The van der Waals surface area contributed by atoms with Crippen LogP contribution < -0.4 is 5.32 Å². The first-order chi connectivity index (χ1) is 9.51. The van der Waals surface area contributed by atoms with Gasteiger partial charge in [0.15, 0.2) is 0 Å². The standard InChI is InChI=1S/C14H14FNO4/c1-20-14(19)12-9(7-11(17)16-13(12)18)6-8-2-4-10(15)5-3-8/h2-5,9,12H,6-7H2,1H3,(H,16,17,18). The minimum Gasteiger partial charge on any atom is -0.468 e. The number of carbonyl (C=O) groups excluding carboxylic acids is 3. The molecule has 1 saturated heterocycles. The highest BCUT2D eigenvalue weighted by atomic mass is 19.1. The van der Waals surface area contributed by atoms with Gasteiger partial charge in [-0.2, -0.15) is 0 Å². The van der Waals surface area contributed by atoms with Crippen LogP contribution in [-0.2, 0) is 25.5 Å². The summed E-state index contributed by atoms with van der Waals surface area (Å²) >= 11 is 0. The fraction of sp³-hybridized carbons (Fsp3) is 0.357. The first-order valence-electron chi connectivity index (χ1n) is 6.17. The highest BCUT2D eigenvalue weighted by Crippen LogP contribution is 2.26. The minimum atomic E-state index is -1.01. The van der Waals surface area contributed by atoms with Crippen molar-refractivity contribution in [2.75, 3.05) is 7.11 Å². The summed E-state index contributed by atoms with van der Waals surface area (Å²) in [6.07, 6.45) is 0.391. The normalized spacial score (nSPS) is 22.3. The maximum absolute atomic E-state index is 12.9. The first-order valence-corrected chi connectivity index (χ1v) is 6.17. The lowest BCUT2D eigenvalue weighted by Gasteiger charge is -2.28. The molecule has 1 aromatic carbocycles. The third kappa shape index (κ3) is 3.01. The third-order valence-corrected chi connectivity index (χ3v) is 3.33. The predicted molar refractivity (Wildman–Crippen MR) is 66.9 cm³/mol. The number of hydrogen-bond acceptors (Lipinski definition) is 4. The van der Waals surface area contributed by atoms with Crippen LogP contribution in [0.25, 0.3) is 0 Å². The van der Waals surface area contributed by atoms with E-state index in [0.29, 0.717) is 6.42 Å². The lowest BCUT2D eigenvalue weighted by atomic mass is 9.81. The van der Waals surface area contributed by atoms with E-state index in [1.807, 2.05) is 0 Å². The van der Waals surface area contributed by atoms with Crippen LogP contribution in [0.2, 0.25) is 0 Å². The van der Waals surface area contributed by atoms with Crippen LogP contribution in [0.15, 0.2) is 24.3 Å². The molecule has 1 aliphatic rings. The number of rotatable bonds is 3. The number of methoxy groups -OCH3 is 1. The molecule has 2 atom stereocenters. The molecule has 0 saturated carbocycles. The van der Waals surface area contributed by atoms with Crippen LogP contribution in [0.4, 0.5) is 4.39 Å². The molecule has 2 rings (SSSR count). The Bertz CT molecular complexity index is 541. The summed E-state index contributed by atoms with van der Waals surface area (Å²) in [6.45, 7) is 0. The zero-order valence-electron chi connectivity index (χ0n) is 10.9. The Kier molecular flexibility index (Phi) is 4.12. The number of benzene rings is 1. The average molecular weight is 279 g/mol. The number of nitrogens with one attached hydrogen (secondary N) is 1. The Morgan fingerprint density at radius 1 is 1.35 bits per heavy atom. The maximum Gasteiger partial charge on any atom is 0.318 e. The van der Waals surface area contributed by atoms with E-state index >= 15 is 0 Å². The van der Waals surface area contributed by atoms with Gasteiger partial charge in [0.05, 0.1) is 7.11 Å². The Balaban J connectivity index is 2.20. The summed E-state index contributed by atoms with van der Waals surface area (Å²) < 4.78 is 17.5. The van der Waals surface area contributed by atoms with Crippen LogP contribution in [0.1, 0.15) is 12.0 Å². The van der Waals surface area contributed by atoms with Crippen molar-refractivity contribution in [2.24, 2.45) is 11.8 Å². The molecular weight excluding hydrogens is 265 g/mol. The van der Waals surface area contributed by atoms with E-state index in [0.717, 1.165) is 5.56 Å². The van der Waals surface area contributed by atoms with Crippen molar-refractivity contribution >= 4 is 17.8 Å². The molecule has 0 spiro atoms. The van der Waals surface area contributed by atoms with E-state index in [1.165, 1.54) is 19.2 Å². The number of piperidine rings is 1. The summed E-state index contributed by atoms with van der Waals surface area (Å²) in [5.74, 6) is -3.57. The highest BCUT2D eigenvalue weighted by molar-refractivity contribution is 6.07. The van der Waals surface area contributed by atoms with E-state index in [2.05, 4.69) is 10.1 Å². The Hall–Kier alpha value is -2.24. The van der Waals surface area contributed by atoms with Gasteiger partial charge in [-0.25, -0.2) is 4.39 Å². The SMILES string of the molecule is COC(=O)C1C(=O)NC(=O)CC1Cc1ccc(F)cc1. The monoisotopic (exact) mass is 279 g/mol. The zero-order chi connectivity index (χ0) is 14.7. The fourth-order valence-electron chi connectivity index (χ4n) is 2.38. The largest absolute Gasteiger partial charge is 0.468 e. The van der Waals surface area contributed by atoms with Crippen molar-refractivity contribution < 1.29 is 23.5 Å². The molecule has 1 heterocycles. The maximum atomic E-state index is 12.9. The minimum absolute atomic E-state index is 0.0584. The number of esters is 1. The molecule has 106 valence electrons. The number of carbonyl (C=O) groups is 3. The summed E-state index contributed by atoms with van der Waals surface area (Å²) in [7, 11) is 1.20. The molecule has 1 N–H and O–H groups in total. The number of hydrogen-bond donors (Lipinski definition) is 1. The third-order valence-electron chi connectivity index (χ3n) is 3.33. The van der Waals surface area contributed by atoms with Gasteiger partial charge in [0.25, 0.3) is 0 Å². The van der Waals surface area contributed by atoms with Crippen LogP contribution >= 0.6 is 0 Å². The Labute approximate surface area is 115 Å². The van der Waals surface area contributed by atoms with Crippen molar-refractivity contribution in [1.29, 1.82) is 0 Å². The van der Waals surface area contributed by atoms with Crippen molar-refractivity contribution in [3.63, 3.8) is 0 Å². The Morgan fingerprint density at radius 2 is 2.00 bits per heavy atom. The molecule has 2 amide bonds. The number of halogens is 1. The summed E-state index contributed by atoms with van der Waals surface area (Å²) in [6, 6.07) is 5.74. The molecule has 2 unspecified atom stereocenters. The number of imide groups is 1. The molecule has 1 fully saturated rings. The smallest absolute Gasteiger partial charge is 0.318 e. The van der Waals surface area contributed by atoms with Crippen LogP contribution in [0, 0.1) is 17.7 Å². The molecule has 0 aromatic heterocycles. The van der Waals surface area contributed by atoms with Gasteiger partial charge in [-0.3, -0.25) is 19.7 Å². The van der Waals surface area contributed by atoms with Gasteiger partial charge in [0.1, 0.15) is 11.7 Å². The van der Waals surface area contributed by atoms with Crippen LogP contribution in [0.5, 0.6) is 0 Å². The van der Waals surface area contributed by atoms with Crippen molar-refractivity contribution in [2.45, 2.75) is 12.8 Å². The van der Waals surface area contributed by atoms with Crippen molar-refractivity contribution in [3.05, 3.63) is 35.6 Å². The topological polar surface area (TPSA) is 72.5 Å². The number of amides is 2. The molecule has 1 aliphatic heterocycles. The van der Waals surface area contributed by atoms with Crippen molar-refractivity contribution in [3.8, 4) is 0 Å². The fourth-order valence-corrected chi connectivity index (χ4v) is 2.38. The van der Waals surface area contributed by atoms with Gasteiger partial charge in [0.2, 0.25) is 11.8 Å². The number of ether oxygens (including phenoxy) is 1. The van der Waals surface area contributed by atoms with Crippen LogP contribution in [-0.4, -0.2) is 24.9 Å². The van der Waals surface area contributed by atoms with Gasteiger partial charge >= 0.3 is 5.97 Å². The first kappa shape index (κ1) is 14.2. The molecule has 20 heavy (non-hydrogen) atoms. The molecular formula is C14H14FNO4. The lowest BCUT2D eigenvalue weighted by Crippen LogP contribution is -2.49. The molecule has 0 radical (unpaired) electrons. The molecule has 6 heteroatoms. The van der Waals surface area contributed by atoms with E-state index in [4.69, 9.17) is 0 Å². The lowest BCUT2D eigenvalue weighted by molar-refractivity contribution is -0.155.